The standard InChI is InChI=1S/C17H21N3O2S/c1-12-10-13(2)20(19-12)15-5-3-4-14(11-15)18-16(21)17(22)6-8-23-9-7-17/h3-5,10-11,22H,6-9H2,1-2H3,(H,18,21). The minimum absolute atomic E-state index is 0.316. The lowest BCUT2D eigenvalue weighted by Crippen LogP contribution is -2.45. The van der Waals surface area contributed by atoms with Crippen molar-refractivity contribution in [3.8, 4) is 5.69 Å². The van der Waals surface area contributed by atoms with E-state index in [4.69, 9.17) is 0 Å². The van der Waals surface area contributed by atoms with Crippen molar-refractivity contribution in [1.82, 2.24) is 9.78 Å². The van der Waals surface area contributed by atoms with Crippen LogP contribution in [0, 0.1) is 13.8 Å². The second-order valence-corrected chi connectivity index (χ2v) is 7.21. The van der Waals surface area contributed by atoms with E-state index < -0.39 is 5.60 Å². The molecule has 1 aliphatic rings. The average molecular weight is 331 g/mol. The fourth-order valence-electron chi connectivity index (χ4n) is 2.79. The Balaban J connectivity index is 1.80. The number of aryl methyl sites for hydroxylation is 2. The monoisotopic (exact) mass is 331 g/mol. The minimum Gasteiger partial charge on any atom is -0.380 e. The summed E-state index contributed by atoms with van der Waals surface area (Å²) in [6.45, 7) is 3.94. The highest BCUT2D eigenvalue weighted by Crippen LogP contribution is 2.28. The molecule has 0 spiro atoms. The van der Waals surface area contributed by atoms with Crippen LogP contribution in [0.25, 0.3) is 5.69 Å². The summed E-state index contributed by atoms with van der Waals surface area (Å²) in [4.78, 5) is 12.4. The number of hydrogen-bond donors (Lipinski definition) is 2. The van der Waals surface area contributed by atoms with Crippen molar-refractivity contribution in [2.45, 2.75) is 32.3 Å². The van der Waals surface area contributed by atoms with Crippen LogP contribution in [0.4, 0.5) is 5.69 Å². The Bertz CT molecular complexity index is 720. The smallest absolute Gasteiger partial charge is 0.256 e. The molecule has 0 bridgehead atoms. The summed E-state index contributed by atoms with van der Waals surface area (Å²) in [5.41, 5.74) is 2.30. The number of nitrogens with zero attached hydrogens (tertiary/aromatic N) is 2. The van der Waals surface area contributed by atoms with Crippen LogP contribution in [0.3, 0.4) is 0 Å². The first kappa shape index (κ1) is 16.1. The van der Waals surface area contributed by atoms with E-state index in [0.717, 1.165) is 28.6 Å². The molecule has 0 atom stereocenters. The Morgan fingerprint density at radius 2 is 2.04 bits per heavy atom. The van der Waals surface area contributed by atoms with E-state index >= 15 is 0 Å². The van der Waals surface area contributed by atoms with Crippen LogP contribution >= 0.6 is 11.8 Å². The van der Waals surface area contributed by atoms with Crippen molar-refractivity contribution in [2.75, 3.05) is 16.8 Å². The second kappa shape index (κ2) is 6.37. The van der Waals surface area contributed by atoms with Gasteiger partial charge in [-0.3, -0.25) is 4.79 Å². The van der Waals surface area contributed by atoms with E-state index in [1.807, 2.05) is 48.9 Å². The molecule has 23 heavy (non-hydrogen) atoms. The maximum Gasteiger partial charge on any atom is 0.256 e. The van der Waals surface area contributed by atoms with E-state index in [2.05, 4.69) is 10.4 Å². The zero-order valence-electron chi connectivity index (χ0n) is 13.4. The Morgan fingerprint density at radius 1 is 1.30 bits per heavy atom. The Kier molecular flexibility index (Phi) is 4.46. The number of benzene rings is 1. The van der Waals surface area contributed by atoms with Crippen LogP contribution in [0.2, 0.25) is 0 Å². The summed E-state index contributed by atoms with van der Waals surface area (Å²) in [6.07, 6.45) is 1.00. The molecule has 1 fully saturated rings. The predicted octanol–water partition coefficient (Wildman–Crippen LogP) is 2.69. The quantitative estimate of drug-likeness (QED) is 0.907. The van der Waals surface area contributed by atoms with Gasteiger partial charge in [-0.25, -0.2) is 4.68 Å². The third-order valence-electron chi connectivity index (χ3n) is 4.10. The van der Waals surface area contributed by atoms with Crippen molar-refractivity contribution in [1.29, 1.82) is 0 Å². The average Bonchev–Trinajstić information content (AvgIpc) is 2.87. The molecule has 1 aromatic heterocycles. The SMILES string of the molecule is Cc1cc(C)n(-c2cccc(NC(=O)C3(O)CCSCC3)c2)n1. The summed E-state index contributed by atoms with van der Waals surface area (Å²) in [6, 6.07) is 9.53. The van der Waals surface area contributed by atoms with Gasteiger partial charge < -0.3 is 10.4 Å². The fourth-order valence-corrected chi connectivity index (χ4v) is 3.96. The van der Waals surface area contributed by atoms with Gasteiger partial charge in [0, 0.05) is 11.4 Å². The van der Waals surface area contributed by atoms with Crippen LogP contribution in [0.5, 0.6) is 0 Å². The van der Waals surface area contributed by atoms with Crippen molar-refractivity contribution in [2.24, 2.45) is 0 Å². The van der Waals surface area contributed by atoms with Gasteiger partial charge in [-0.05, 0) is 62.5 Å². The zero-order valence-corrected chi connectivity index (χ0v) is 14.2. The molecule has 1 amide bonds. The van der Waals surface area contributed by atoms with Gasteiger partial charge in [-0.2, -0.15) is 16.9 Å². The third kappa shape index (κ3) is 3.43. The molecule has 0 radical (unpaired) electrons. The summed E-state index contributed by atoms with van der Waals surface area (Å²) in [5.74, 6) is 1.31. The van der Waals surface area contributed by atoms with Gasteiger partial charge in [0.1, 0.15) is 5.60 Å². The van der Waals surface area contributed by atoms with Crippen molar-refractivity contribution in [3.05, 3.63) is 41.7 Å². The van der Waals surface area contributed by atoms with Gasteiger partial charge >= 0.3 is 0 Å². The van der Waals surface area contributed by atoms with E-state index in [-0.39, 0.29) is 5.91 Å². The minimum atomic E-state index is -1.25. The Hall–Kier alpha value is -1.79. The zero-order chi connectivity index (χ0) is 16.4. The van der Waals surface area contributed by atoms with Gasteiger partial charge in [0.25, 0.3) is 5.91 Å². The fraction of sp³-hybridized carbons (Fsp3) is 0.412. The highest BCUT2D eigenvalue weighted by molar-refractivity contribution is 7.99. The van der Waals surface area contributed by atoms with E-state index in [1.54, 1.807) is 11.8 Å². The first-order valence-corrected chi connectivity index (χ1v) is 8.89. The summed E-state index contributed by atoms with van der Waals surface area (Å²) < 4.78 is 1.84. The third-order valence-corrected chi connectivity index (χ3v) is 5.09. The number of amides is 1. The maximum absolute atomic E-state index is 12.4. The number of carbonyl (C=O) groups is 1. The lowest BCUT2D eigenvalue weighted by molar-refractivity contribution is -0.134. The molecule has 2 N–H and O–H groups in total. The maximum atomic E-state index is 12.4. The van der Waals surface area contributed by atoms with Crippen LogP contribution in [0.15, 0.2) is 30.3 Å². The van der Waals surface area contributed by atoms with Crippen LogP contribution in [-0.4, -0.2) is 37.9 Å². The van der Waals surface area contributed by atoms with Gasteiger partial charge in [-0.1, -0.05) is 6.07 Å². The molecule has 1 aliphatic heterocycles. The van der Waals surface area contributed by atoms with Crippen LogP contribution in [-0.2, 0) is 4.79 Å². The second-order valence-electron chi connectivity index (χ2n) is 5.99. The molecule has 6 heteroatoms. The van der Waals surface area contributed by atoms with E-state index in [9.17, 15) is 9.90 Å². The van der Waals surface area contributed by atoms with Gasteiger partial charge in [-0.15, -0.1) is 0 Å². The molecular weight excluding hydrogens is 310 g/mol. The number of anilines is 1. The number of carbonyl (C=O) groups excluding carboxylic acids is 1. The summed E-state index contributed by atoms with van der Waals surface area (Å²) in [5, 5.41) is 17.8. The molecule has 0 saturated carbocycles. The van der Waals surface area contributed by atoms with Crippen molar-refractivity contribution >= 4 is 23.4 Å². The van der Waals surface area contributed by atoms with Crippen molar-refractivity contribution < 1.29 is 9.90 Å². The van der Waals surface area contributed by atoms with Gasteiger partial charge in [0.2, 0.25) is 0 Å². The number of thioether (sulfide) groups is 1. The van der Waals surface area contributed by atoms with E-state index in [0.29, 0.717) is 18.5 Å². The highest BCUT2D eigenvalue weighted by atomic mass is 32.2. The molecule has 5 nitrogen and oxygen atoms in total. The number of aliphatic hydroxyl groups is 1. The summed E-state index contributed by atoms with van der Waals surface area (Å²) >= 11 is 1.77. The molecule has 0 aliphatic carbocycles. The molecule has 0 unspecified atom stereocenters. The van der Waals surface area contributed by atoms with Gasteiger partial charge in [0.15, 0.2) is 0 Å². The largest absolute Gasteiger partial charge is 0.380 e. The number of rotatable bonds is 3. The van der Waals surface area contributed by atoms with Crippen molar-refractivity contribution in [3.63, 3.8) is 0 Å². The molecule has 1 aromatic carbocycles. The highest BCUT2D eigenvalue weighted by Gasteiger charge is 2.37. The molecule has 2 aromatic rings. The number of aromatic nitrogens is 2. The molecule has 122 valence electrons. The number of hydrogen-bond acceptors (Lipinski definition) is 4. The summed E-state index contributed by atoms with van der Waals surface area (Å²) in [7, 11) is 0. The predicted molar refractivity (Wildman–Crippen MR) is 93.2 cm³/mol. The normalized spacial score (nSPS) is 17.0. The Morgan fingerprint density at radius 3 is 2.70 bits per heavy atom. The first-order valence-electron chi connectivity index (χ1n) is 7.73. The molecule has 3 rings (SSSR count). The lowest BCUT2D eigenvalue weighted by Gasteiger charge is -2.30. The van der Waals surface area contributed by atoms with E-state index in [1.165, 1.54) is 0 Å². The topological polar surface area (TPSA) is 67.2 Å². The molecule has 2 heterocycles. The van der Waals surface area contributed by atoms with Crippen LogP contribution in [0.1, 0.15) is 24.2 Å². The first-order chi connectivity index (χ1) is 11.0. The molecular formula is C17H21N3O2S. The van der Waals surface area contributed by atoms with Crippen LogP contribution < -0.4 is 5.32 Å². The lowest BCUT2D eigenvalue weighted by atomic mass is 9.95. The van der Waals surface area contributed by atoms with Gasteiger partial charge in [0.05, 0.1) is 11.4 Å². The number of nitrogens with one attached hydrogen (secondary N) is 1. The Labute approximate surface area is 140 Å². The molecule has 1 saturated heterocycles.